The molecule has 0 amide bonds. The number of hydrogen-bond donors (Lipinski definition) is 2. The molecule has 0 radical (unpaired) electrons. The molecule has 0 atom stereocenters. The number of aryl methyl sites for hydroxylation is 1. The number of hydrogen-bond acceptors (Lipinski definition) is 6. The van der Waals surface area contributed by atoms with E-state index in [1.807, 2.05) is 37.3 Å². The van der Waals surface area contributed by atoms with E-state index in [1.54, 1.807) is 0 Å². The maximum Gasteiger partial charge on any atom is 0.350 e. The van der Waals surface area contributed by atoms with Crippen LogP contribution in [-0.4, -0.2) is 13.1 Å². The quantitative estimate of drug-likeness (QED) is 0.848. The molecule has 1 aromatic heterocycles. The van der Waals surface area contributed by atoms with Crippen molar-refractivity contribution < 1.29 is 9.53 Å². The van der Waals surface area contributed by atoms with Crippen molar-refractivity contribution in [2.24, 2.45) is 0 Å². The molecular weight excluding hydrogens is 286 g/mol. The van der Waals surface area contributed by atoms with Crippen molar-refractivity contribution in [3.8, 4) is 6.07 Å². The first-order valence-corrected chi connectivity index (χ1v) is 7.09. The Morgan fingerprint density at radius 3 is 2.81 bits per heavy atom. The molecule has 0 fully saturated rings. The number of thiophene rings is 1. The van der Waals surface area contributed by atoms with E-state index in [-0.39, 0.29) is 16.1 Å². The van der Waals surface area contributed by atoms with E-state index in [4.69, 9.17) is 5.73 Å². The first-order chi connectivity index (χ1) is 10.1. The van der Waals surface area contributed by atoms with Gasteiger partial charge in [0, 0.05) is 6.54 Å². The van der Waals surface area contributed by atoms with Crippen LogP contribution in [0.5, 0.6) is 0 Å². The lowest BCUT2D eigenvalue weighted by atomic mass is 10.1. The molecule has 0 bridgehead atoms. The minimum absolute atomic E-state index is 0.168. The molecule has 1 aromatic carbocycles. The van der Waals surface area contributed by atoms with Gasteiger partial charge in [-0.2, -0.15) is 5.26 Å². The lowest BCUT2D eigenvalue weighted by molar-refractivity contribution is 0.0607. The number of esters is 1. The van der Waals surface area contributed by atoms with E-state index >= 15 is 0 Å². The second-order valence-electron chi connectivity index (χ2n) is 4.43. The number of nitrogens with two attached hydrogens (primary N) is 1. The molecule has 6 heteroatoms. The minimum Gasteiger partial charge on any atom is -0.465 e. The third-order valence-corrected chi connectivity index (χ3v) is 4.27. The Kier molecular flexibility index (Phi) is 4.45. The minimum atomic E-state index is -0.530. The van der Waals surface area contributed by atoms with Crippen LogP contribution in [0, 0.1) is 18.3 Å². The van der Waals surface area contributed by atoms with E-state index in [0.717, 1.165) is 22.5 Å². The van der Waals surface area contributed by atoms with Crippen LogP contribution in [0.2, 0.25) is 0 Å². The molecule has 0 saturated heterocycles. The molecule has 0 spiro atoms. The molecule has 3 N–H and O–H groups in total. The van der Waals surface area contributed by atoms with Gasteiger partial charge in [0.2, 0.25) is 0 Å². The zero-order chi connectivity index (χ0) is 15.4. The van der Waals surface area contributed by atoms with Crippen molar-refractivity contribution in [3.63, 3.8) is 0 Å². The Balaban J connectivity index is 2.27. The summed E-state index contributed by atoms with van der Waals surface area (Å²) in [6.45, 7) is 2.58. The number of methoxy groups -OCH3 is 1. The van der Waals surface area contributed by atoms with Crippen LogP contribution in [0.3, 0.4) is 0 Å². The summed E-state index contributed by atoms with van der Waals surface area (Å²) < 4.78 is 4.67. The number of nitrogen functional groups attached to an aromatic ring is 1. The van der Waals surface area contributed by atoms with Gasteiger partial charge in [-0.05, 0) is 18.1 Å². The SMILES string of the molecule is COC(=O)c1sc(NCc2ccccc2C)c(C#N)c1N. The van der Waals surface area contributed by atoms with Gasteiger partial charge in [-0.25, -0.2) is 4.79 Å². The molecule has 108 valence electrons. The largest absolute Gasteiger partial charge is 0.465 e. The van der Waals surface area contributed by atoms with E-state index in [1.165, 1.54) is 7.11 Å². The number of carbonyl (C=O) groups is 1. The van der Waals surface area contributed by atoms with Crippen LogP contribution < -0.4 is 11.1 Å². The van der Waals surface area contributed by atoms with Crippen LogP contribution >= 0.6 is 11.3 Å². The maximum atomic E-state index is 11.6. The van der Waals surface area contributed by atoms with Gasteiger partial charge in [-0.1, -0.05) is 24.3 Å². The maximum absolute atomic E-state index is 11.6. The fourth-order valence-electron chi connectivity index (χ4n) is 1.91. The Morgan fingerprint density at radius 2 is 2.19 bits per heavy atom. The molecule has 5 nitrogen and oxygen atoms in total. The van der Waals surface area contributed by atoms with Crippen LogP contribution in [0.1, 0.15) is 26.4 Å². The summed E-state index contributed by atoms with van der Waals surface area (Å²) in [5, 5.41) is 13.0. The summed E-state index contributed by atoms with van der Waals surface area (Å²) >= 11 is 1.14. The first-order valence-electron chi connectivity index (χ1n) is 6.27. The van der Waals surface area contributed by atoms with Crippen LogP contribution in [0.15, 0.2) is 24.3 Å². The highest BCUT2D eigenvalue weighted by atomic mass is 32.1. The molecule has 0 aliphatic heterocycles. The van der Waals surface area contributed by atoms with E-state index in [2.05, 4.69) is 10.1 Å². The summed E-state index contributed by atoms with van der Waals surface area (Å²) in [4.78, 5) is 11.9. The summed E-state index contributed by atoms with van der Waals surface area (Å²) in [5.74, 6) is -0.530. The van der Waals surface area contributed by atoms with E-state index in [0.29, 0.717) is 11.5 Å². The smallest absolute Gasteiger partial charge is 0.350 e. The van der Waals surface area contributed by atoms with Crippen LogP contribution in [0.4, 0.5) is 10.7 Å². The fourth-order valence-corrected chi connectivity index (χ4v) is 2.89. The third kappa shape index (κ3) is 2.98. The average Bonchev–Trinajstić information content (AvgIpc) is 2.81. The zero-order valence-electron chi connectivity index (χ0n) is 11.8. The van der Waals surface area contributed by atoms with Gasteiger partial charge in [0.05, 0.1) is 12.8 Å². The Labute approximate surface area is 127 Å². The molecule has 0 saturated carbocycles. The van der Waals surface area contributed by atoms with Crippen molar-refractivity contribution in [2.75, 3.05) is 18.2 Å². The molecule has 21 heavy (non-hydrogen) atoms. The number of rotatable bonds is 4. The number of ether oxygens (including phenoxy) is 1. The highest BCUT2D eigenvalue weighted by Gasteiger charge is 2.21. The van der Waals surface area contributed by atoms with Crippen molar-refractivity contribution in [1.82, 2.24) is 0 Å². The second-order valence-corrected chi connectivity index (χ2v) is 5.45. The summed E-state index contributed by atoms with van der Waals surface area (Å²) in [5.41, 5.74) is 8.56. The van der Waals surface area contributed by atoms with E-state index in [9.17, 15) is 10.1 Å². The molecule has 2 rings (SSSR count). The number of nitriles is 1. The Bertz CT molecular complexity index is 716. The topological polar surface area (TPSA) is 88.1 Å². The van der Waals surface area contributed by atoms with Crippen molar-refractivity contribution in [2.45, 2.75) is 13.5 Å². The highest BCUT2D eigenvalue weighted by Crippen LogP contribution is 2.35. The average molecular weight is 301 g/mol. The van der Waals surface area contributed by atoms with Gasteiger partial charge in [0.15, 0.2) is 0 Å². The van der Waals surface area contributed by atoms with Crippen molar-refractivity contribution in [1.29, 1.82) is 5.26 Å². The monoisotopic (exact) mass is 301 g/mol. The highest BCUT2D eigenvalue weighted by molar-refractivity contribution is 7.18. The molecular formula is C15H15N3O2S. The van der Waals surface area contributed by atoms with Gasteiger partial charge < -0.3 is 15.8 Å². The number of nitrogens with zero attached hydrogens (tertiary/aromatic N) is 1. The van der Waals surface area contributed by atoms with Gasteiger partial charge in [-0.3, -0.25) is 0 Å². The second kappa shape index (κ2) is 6.29. The first kappa shape index (κ1) is 14.9. The number of carbonyl (C=O) groups excluding carboxylic acids is 1. The van der Waals surface area contributed by atoms with Crippen molar-refractivity contribution in [3.05, 3.63) is 45.8 Å². The predicted molar refractivity (Wildman–Crippen MR) is 83.3 cm³/mol. The number of benzene rings is 1. The number of nitrogens with one attached hydrogen (secondary N) is 1. The lowest BCUT2D eigenvalue weighted by Gasteiger charge is -2.07. The predicted octanol–water partition coefficient (Wildman–Crippen LogP) is 2.91. The standard InChI is InChI=1S/C15H15N3O2S/c1-9-5-3-4-6-10(9)8-18-14-11(7-16)12(17)13(21-14)15(19)20-2/h3-6,18H,8,17H2,1-2H3. The molecule has 1 heterocycles. The van der Waals surface area contributed by atoms with Gasteiger partial charge in [-0.15, -0.1) is 11.3 Å². The normalized spacial score (nSPS) is 9.95. The number of anilines is 2. The van der Waals surface area contributed by atoms with Crippen molar-refractivity contribution >= 4 is 28.0 Å². The summed E-state index contributed by atoms with van der Waals surface area (Å²) in [6, 6.07) is 9.98. The van der Waals surface area contributed by atoms with Gasteiger partial charge in [0.1, 0.15) is 21.5 Å². The van der Waals surface area contributed by atoms with Crippen LogP contribution in [-0.2, 0) is 11.3 Å². The lowest BCUT2D eigenvalue weighted by Crippen LogP contribution is -2.02. The van der Waals surface area contributed by atoms with Gasteiger partial charge in [0.25, 0.3) is 0 Å². The van der Waals surface area contributed by atoms with E-state index < -0.39 is 5.97 Å². The Hall–Kier alpha value is -2.52. The van der Waals surface area contributed by atoms with Gasteiger partial charge >= 0.3 is 5.97 Å². The molecule has 0 aliphatic carbocycles. The third-order valence-electron chi connectivity index (χ3n) is 3.13. The fraction of sp³-hybridized carbons (Fsp3) is 0.200. The van der Waals surface area contributed by atoms with Crippen LogP contribution in [0.25, 0.3) is 0 Å². The molecule has 2 aromatic rings. The summed E-state index contributed by atoms with van der Waals surface area (Å²) in [6.07, 6.45) is 0. The molecule has 0 unspecified atom stereocenters. The zero-order valence-corrected chi connectivity index (χ0v) is 12.6. The Morgan fingerprint density at radius 1 is 1.48 bits per heavy atom. The summed E-state index contributed by atoms with van der Waals surface area (Å²) in [7, 11) is 1.29. The molecule has 0 aliphatic rings.